The number of aryl methyl sites for hydroxylation is 2. The van der Waals surface area contributed by atoms with Gasteiger partial charge in [0.25, 0.3) is 0 Å². The smallest absolute Gasteiger partial charge is 0.376 e. The van der Waals surface area contributed by atoms with E-state index in [-0.39, 0.29) is 11.9 Å². The number of nitrogens with zero attached hydrogens (tertiary/aromatic N) is 4. The van der Waals surface area contributed by atoms with Gasteiger partial charge in [0.15, 0.2) is 0 Å². The Morgan fingerprint density at radius 3 is 2.79 bits per heavy atom. The number of esters is 1. The second-order valence-corrected chi connectivity index (χ2v) is 5.41. The molecule has 0 aromatic carbocycles. The third-order valence-electron chi connectivity index (χ3n) is 2.71. The molecule has 2 rings (SSSR count). The summed E-state index contributed by atoms with van der Waals surface area (Å²) in [6.07, 6.45) is 1.82. The van der Waals surface area contributed by atoms with Gasteiger partial charge >= 0.3 is 5.97 Å². The normalized spacial score (nSPS) is 12.4. The molecule has 0 amide bonds. The Labute approximate surface area is 115 Å². The SMILES string of the molecule is CCOC(=O)c1nnc(C)n1C(C)c1ncc(C)s1. The number of ether oxygens (including phenoxy) is 1. The molecule has 2 aromatic rings. The molecule has 0 radical (unpaired) electrons. The molecule has 1 unspecified atom stereocenters. The number of hydrogen-bond acceptors (Lipinski definition) is 6. The molecule has 0 aliphatic heterocycles. The van der Waals surface area contributed by atoms with Crippen LogP contribution in [0.1, 0.15) is 46.2 Å². The van der Waals surface area contributed by atoms with Gasteiger partial charge in [0.2, 0.25) is 5.82 Å². The lowest BCUT2D eigenvalue weighted by Crippen LogP contribution is -2.18. The van der Waals surface area contributed by atoms with Crippen LogP contribution in [0.4, 0.5) is 0 Å². The summed E-state index contributed by atoms with van der Waals surface area (Å²) in [7, 11) is 0. The monoisotopic (exact) mass is 280 g/mol. The number of thiazole rings is 1. The molecule has 1 atom stereocenters. The average molecular weight is 280 g/mol. The van der Waals surface area contributed by atoms with Crippen LogP contribution in [0.5, 0.6) is 0 Å². The molecule has 0 aliphatic rings. The maximum Gasteiger partial charge on any atom is 0.376 e. The fourth-order valence-corrected chi connectivity index (χ4v) is 2.66. The fourth-order valence-electron chi connectivity index (χ4n) is 1.84. The summed E-state index contributed by atoms with van der Waals surface area (Å²) in [6, 6.07) is -0.0897. The molecule has 0 saturated heterocycles. The average Bonchev–Trinajstić information content (AvgIpc) is 2.95. The zero-order valence-electron chi connectivity index (χ0n) is 11.4. The van der Waals surface area contributed by atoms with Crippen molar-refractivity contribution >= 4 is 17.3 Å². The molecule has 7 heteroatoms. The summed E-state index contributed by atoms with van der Waals surface area (Å²) in [5.74, 6) is 0.436. The van der Waals surface area contributed by atoms with Crippen LogP contribution in [0.3, 0.4) is 0 Å². The molecule has 0 spiro atoms. The molecule has 0 N–H and O–H groups in total. The quantitative estimate of drug-likeness (QED) is 0.802. The van der Waals surface area contributed by atoms with Gasteiger partial charge in [-0.15, -0.1) is 21.5 Å². The van der Waals surface area contributed by atoms with E-state index in [0.29, 0.717) is 12.4 Å². The van der Waals surface area contributed by atoms with Crippen LogP contribution >= 0.6 is 11.3 Å². The zero-order chi connectivity index (χ0) is 14.0. The van der Waals surface area contributed by atoms with Gasteiger partial charge in [-0.3, -0.25) is 4.57 Å². The second-order valence-electron chi connectivity index (χ2n) is 4.15. The van der Waals surface area contributed by atoms with Crippen molar-refractivity contribution in [2.24, 2.45) is 0 Å². The minimum Gasteiger partial charge on any atom is -0.460 e. The van der Waals surface area contributed by atoms with Crippen molar-refractivity contribution in [2.75, 3.05) is 6.61 Å². The number of carbonyl (C=O) groups excluding carboxylic acids is 1. The molecule has 0 aliphatic carbocycles. The molecule has 0 fully saturated rings. The Bertz CT molecular complexity index is 590. The van der Waals surface area contributed by atoms with E-state index in [1.807, 2.05) is 27.0 Å². The van der Waals surface area contributed by atoms with Crippen LogP contribution in [-0.4, -0.2) is 32.3 Å². The predicted octanol–water partition coefficient (Wildman–Crippen LogP) is 2.14. The fraction of sp³-hybridized carbons (Fsp3) is 0.500. The van der Waals surface area contributed by atoms with Crippen molar-refractivity contribution in [3.63, 3.8) is 0 Å². The zero-order valence-corrected chi connectivity index (χ0v) is 12.2. The highest BCUT2D eigenvalue weighted by molar-refractivity contribution is 7.11. The lowest BCUT2D eigenvalue weighted by atomic mass is 10.3. The largest absolute Gasteiger partial charge is 0.460 e. The maximum atomic E-state index is 11.9. The number of rotatable bonds is 4. The summed E-state index contributed by atoms with van der Waals surface area (Å²) < 4.78 is 6.75. The van der Waals surface area contributed by atoms with Crippen LogP contribution in [0.15, 0.2) is 6.20 Å². The number of carbonyl (C=O) groups is 1. The Balaban J connectivity index is 2.38. The third-order valence-corrected chi connectivity index (χ3v) is 3.79. The highest BCUT2D eigenvalue weighted by atomic mass is 32.1. The Morgan fingerprint density at radius 1 is 1.47 bits per heavy atom. The van der Waals surface area contributed by atoms with Gasteiger partial charge in [0, 0.05) is 11.1 Å². The minimum atomic E-state index is -0.455. The minimum absolute atomic E-state index is 0.0897. The van der Waals surface area contributed by atoms with E-state index in [4.69, 9.17) is 4.74 Å². The van der Waals surface area contributed by atoms with Gasteiger partial charge in [-0.05, 0) is 27.7 Å². The van der Waals surface area contributed by atoms with Gasteiger partial charge in [-0.25, -0.2) is 9.78 Å². The first-order chi connectivity index (χ1) is 9.04. The molecule has 102 valence electrons. The molecule has 0 bridgehead atoms. The first-order valence-corrected chi connectivity index (χ1v) is 6.87. The molecule has 6 nitrogen and oxygen atoms in total. The molecule has 2 aromatic heterocycles. The topological polar surface area (TPSA) is 69.9 Å². The summed E-state index contributed by atoms with van der Waals surface area (Å²) in [5, 5.41) is 8.79. The molecule has 0 saturated carbocycles. The van der Waals surface area contributed by atoms with Crippen molar-refractivity contribution in [1.82, 2.24) is 19.7 Å². The number of hydrogen-bond donors (Lipinski definition) is 0. The van der Waals surface area contributed by atoms with Crippen LogP contribution in [-0.2, 0) is 4.74 Å². The van der Waals surface area contributed by atoms with E-state index in [1.54, 1.807) is 22.8 Å². The van der Waals surface area contributed by atoms with E-state index in [9.17, 15) is 4.79 Å². The van der Waals surface area contributed by atoms with Crippen molar-refractivity contribution in [3.05, 3.63) is 27.7 Å². The predicted molar refractivity (Wildman–Crippen MR) is 71.4 cm³/mol. The molecule has 2 heterocycles. The molecular weight excluding hydrogens is 264 g/mol. The van der Waals surface area contributed by atoms with E-state index in [2.05, 4.69) is 15.2 Å². The van der Waals surface area contributed by atoms with Crippen molar-refractivity contribution in [2.45, 2.75) is 33.7 Å². The summed E-state index contributed by atoms with van der Waals surface area (Å²) in [6.45, 7) is 7.86. The van der Waals surface area contributed by atoms with Crippen molar-refractivity contribution in [3.8, 4) is 0 Å². The Hall–Kier alpha value is -1.76. The van der Waals surface area contributed by atoms with Crippen LogP contribution in [0.2, 0.25) is 0 Å². The lowest BCUT2D eigenvalue weighted by molar-refractivity contribution is 0.0504. The van der Waals surface area contributed by atoms with Crippen LogP contribution < -0.4 is 0 Å². The Morgan fingerprint density at radius 2 is 2.21 bits per heavy atom. The maximum absolute atomic E-state index is 11.9. The second kappa shape index (κ2) is 5.48. The molecular formula is C12H16N4O2S. The highest BCUT2D eigenvalue weighted by Gasteiger charge is 2.24. The Kier molecular flexibility index (Phi) is 3.94. The molecule has 19 heavy (non-hydrogen) atoms. The first kappa shape index (κ1) is 13.7. The van der Waals surface area contributed by atoms with E-state index >= 15 is 0 Å². The van der Waals surface area contributed by atoms with Crippen molar-refractivity contribution < 1.29 is 9.53 Å². The standard InChI is InChI=1S/C12H16N4O2S/c1-5-18-12(17)10-15-14-9(4)16(10)8(3)11-13-6-7(2)19-11/h6,8H,5H2,1-4H3. The van der Waals surface area contributed by atoms with Gasteiger partial charge < -0.3 is 4.74 Å². The lowest BCUT2D eigenvalue weighted by Gasteiger charge is -2.14. The summed E-state index contributed by atoms with van der Waals surface area (Å²) in [5.41, 5.74) is 0. The first-order valence-electron chi connectivity index (χ1n) is 6.05. The summed E-state index contributed by atoms with van der Waals surface area (Å²) >= 11 is 1.60. The van der Waals surface area contributed by atoms with Crippen LogP contribution in [0.25, 0.3) is 0 Å². The third kappa shape index (κ3) is 2.65. The highest BCUT2D eigenvalue weighted by Crippen LogP contribution is 2.25. The van der Waals surface area contributed by atoms with E-state index < -0.39 is 5.97 Å². The van der Waals surface area contributed by atoms with Crippen LogP contribution in [0, 0.1) is 13.8 Å². The van der Waals surface area contributed by atoms with Gasteiger partial charge in [-0.2, -0.15) is 0 Å². The van der Waals surface area contributed by atoms with Gasteiger partial charge in [-0.1, -0.05) is 0 Å². The van der Waals surface area contributed by atoms with Crippen molar-refractivity contribution in [1.29, 1.82) is 0 Å². The van der Waals surface area contributed by atoms with Gasteiger partial charge in [0.1, 0.15) is 10.8 Å². The van der Waals surface area contributed by atoms with Gasteiger partial charge in [0.05, 0.1) is 12.6 Å². The van der Waals surface area contributed by atoms with E-state index in [0.717, 1.165) is 9.88 Å². The number of aromatic nitrogens is 4. The summed E-state index contributed by atoms with van der Waals surface area (Å²) in [4.78, 5) is 17.3. The van der Waals surface area contributed by atoms with E-state index in [1.165, 1.54) is 0 Å².